The fraction of sp³-hybridized carbons (Fsp3) is 0.0455. The topological polar surface area (TPSA) is 68.3 Å². The number of nitrogens with one attached hydrogen (secondary N) is 1. The van der Waals surface area contributed by atoms with Crippen LogP contribution < -0.4 is 9.46 Å². The van der Waals surface area contributed by atoms with Crippen molar-refractivity contribution < 1.29 is 17.5 Å². The van der Waals surface area contributed by atoms with Crippen LogP contribution >= 0.6 is 0 Å². The summed E-state index contributed by atoms with van der Waals surface area (Å²) < 4.78 is 47.3. The molecule has 3 aromatic carbocycles. The third kappa shape index (κ3) is 4.05. The van der Waals surface area contributed by atoms with E-state index in [1.807, 2.05) is 0 Å². The predicted molar refractivity (Wildman–Crippen MR) is 110 cm³/mol. The van der Waals surface area contributed by atoms with Crippen LogP contribution in [-0.4, -0.2) is 13.4 Å². The summed E-state index contributed by atoms with van der Waals surface area (Å²) in [6.07, 6.45) is 0. The van der Waals surface area contributed by atoms with E-state index in [-0.39, 0.29) is 10.4 Å². The molecule has 4 aromatic rings. The molecular formula is C22H17FN2O3S. The molecule has 1 aromatic heterocycles. The number of benzene rings is 3. The van der Waals surface area contributed by atoms with Gasteiger partial charge in [0, 0.05) is 22.8 Å². The van der Waals surface area contributed by atoms with Gasteiger partial charge in [0.05, 0.1) is 4.90 Å². The van der Waals surface area contributed by atoms with Crippen molar-refractivity contribution in [2.45, 2.75) is 11.8 Å². The smallest absolute Gasteiger partial charge is 0.261 e. The van der Waals surface area contributed by atoms with Gasteiger partial charge in [0.25, 0.3) is 10.0 Å². The largest absolute Gasteiger partial charge is 0.457 e. The third-order valence-corrected chi connectivity index (χ3v) is 5.67. The van der Waals surface area contributed by atoms with Crippen LogP contribution in [0.3, 0.4) is 0 Å². The number of nitrogens with zero attached hydrogens (tertiary/aromatic N) is 1. The van der Waals surface area contributed by atoms with Crippen LogP contribution in [0.2, 0.25) is 0 Å². The minimum absolute atomic E-state index is 0.182. The molecule has 1 N–H and O–H groups in total. The second kappa shape index (κ2) is 7.52. The molecule has 7 heteroatoms. The maximum absolute atomic E-state index is 14.1. The Morgan fingerprint density at radius 2 is 1.66 bits per heavy atom. The first-order valence-electron chi connectivity index (χ1n) is 8.84. The molecule has 0 radical (unpaired) electrons. The number of rotatable bonds is 5. The van der Waals surface area contributed by atoms with E-state index in [1.165, 1.54) is 18.2 Å². The minimum Gasteiger partial charge on any atom is -0.457 e. The zero-order valence-electron chi connectivity index (χ0n) is 15.5. The number of hydrogen-bond donors (Lipinski definition) is 1. The molecule has 0 saturated carbocycles. The highest BCUT2D eigenvalue weighted by Crippen LogP contribution is 2.31. The van der Waals surface area contributed by atoms with Crippen molar-refractivity contribution in [1.29, 1.82) is 0 Å². The average Bonchev–Trinajstić information content (AvgIpc) is 2.71. The number of anilines is 1. The lowest BCUT2D eigenvalue weighted by Crippen LogP contribution is -2.12. The first-order chi connectivity index (χ1) is 13.9. The van der Waals surface area contributed by atoms with Crippen LogP contribution in [0.5, 0.6) is 11.5 Å². The lowest BCUT2D eigenvalue weighted by Gasteiger charge is -2.12. The maximum Gasteiger partial charge on any atom is 0.261 e. The molecule has 4 rings (SSSR count). The van der Waals surface area contributed by atoms with Crippen LogP contribution in [0.4, 0.5) is 10.1 Å². The van der Waals surface area contributed by atoms with E-state index >= 15 is 0 Å². The lowest BCUT2D eigenvalue weighted by atomic mass is 10.1. The van der Waals surface area contributed by atoms with Crippen molar-refractivity contribution in [3.05, 3.63) is 90.4 Å². The standard InChI is InChI=1S/C22H17FN2O3S/c1-15-14-21(19-8-5-9-20(23)22(19)24-15)28-17-12-10-16(11-13-17)25-29(26,27)18-6-3-2-4-7-18/h2-14,25H,1H3. The fourth-order valence-corrected chi connectivity index (χ4v) is 4.00. The summed E-state index contributed by atoms with van der Waals surface area (Å²) in [7, 11) is -3.67. The third-order valence-electron chi connectivity index (χ3n) is 4.27. The highest BCUT2D eigenvalue weighted by atomic mass is 32.2. The van der Waals surface area contributed by atoms with Crippen molar-refractivity contribution in [2.75, 3.05) is 4.72 Å². The van der Waals surface area contributed by atoms with E-state index in [9.17, 15) is 12.8 Å². The summed E-state index contributed by atoms with van der Waals surface area (Å²) in [6.45, 7) is 1.76. The average molecular weight is 408 g/mol. The molecule has 29 heavy (non-hydrogen) atoms. The van der Waals surface area contributed by atoms with Crippen molar-refractivity contribution in [2.24, 2.45) is 0 Å². The van der Waals surface area contributed by atoms with E-state index < -0.39 is 15.8 Å². The summed E-state index contributed by atoms with van der Waals surface area (Å²) in [6, 6.07) is 21.0. The van der Waals surface area contributed by atoms with Crippen LogP contribution in [0.15, 0.2) is 83.8 Å². The van der Waals surface area contributed by atoms with Gasteiger partial charge in [-0.1, -0.05) is 24.3 Å². The van der Waals surface area contributed by atoms with Crippen LogP contribution in [0.25, 0.3) is 10.9 Å². The zero-order valence-corrected chi connectivity index (χ0v) is 16.3. The number of fused-ring (bicyclic) bond motifs is 1. The van der Waals surface area contributed by atoms with Gasteiger partial charge in [-0.15, -0.1) is 0 Å². The highest BCUT2D eigenvalue weighted by molar-refractivity contribution is 7.92. The van der Waals surface area contributed by atoms with Crippen LogP contribution in [0.1, 0.15) is 5.69 Å². The highest BCUT2D eigenvalue weighted by Gasteiger charge is 2.14. The number of hydrogen-bond acceptors (Lipinski definition) is 4. The molecule has 0 spiro atoms. The number of halogens is 1. The Morgan fingerprint density at radius 3 is 2.38 bits per heavy atom. The fourth-order valence-electron chi connectivity index (χ4n) is 2.92. The number of aromatic nitrogens is 1. The van der Waals surface area contributed by atoms with Crippen molar-refractivity contribution in [3.63, 3.8) is 0 Å². The van der Waals surface area contributed by atoms with Gasteiger partial charge in [-0.2, -0.15) is 0 Å². The molecule has 0 saturated heterocycles. The SMILES string of the molecule is Cc1cc(Oc2ccc(NS(=O)(=O)c3ccccc3)cc2)c2cccc(F)c2n1. The second-order valence-electron chi connectivity index (χ2n) is 6.44. The number of pyridine rings is 1. The Hall–Kier alpha value is -3.45. The van der Waals surface area contributed by atoms with Gasteiger partial charge in [0.15, 0.2) is 0 Å². The molecule has 0 amide bonds. The van der Waals surface area contributed by atoms with Gasteiger partial charge in [0.1, 0.15) is 22.8 Å². The molecule has 5 nitrogen and oxygen atoms in total. The molecule has 0 atom stereocenters. The number of sulfonamides is 1. The molecule has 0 aliphatic rings. The van der Waals surface area contributed by atoms with Gasteiger partial charge >= 0.3 is 0 Å². The summed E-state index contributed by atoms with van der Waals surface area (Å²) in [5, 5.41) is 0.560. The van der Waals surface area contributed by atoms with Crippen molar-refractivity contribution in [3.8, 4) is 11.5 Å². The van der Waals surface area contributed by atoms with Gasteiger partial charge in [-0.25, -0.2) is 17.8 Å². The minimum atomic E-state index is -3.67. The predicted octanol–water partition coefficient (Wildman–Crippen LogP) is 5.28. The summed E-state index contributed by atoms with van der Waals surface area (Å²) in [5.41, 5.74) is 1.28. The molecule has 0 aliphatic heterocycles. The Morgan fingerprint density at radius 1 is 0.931 bits per heavy atom. The monoisotopic (exact) mass is 408 g/mol. The Labute approximate surface area is 167 Å². The first kappa shape index (κ1) is 18.9. The molecule has 0 fully saturated rings. The Balaban J connectivity index is 1.58. The zero-order chi connectivity index (χ0) is 20.4. The van der Waals surface area contributed by atoms with Crippen molar-refractivity contribution in [1.82, 2.24) is 4.98 Å². The van der Waals surface area contributed by atoms with Crippen molar-refractivity contribution >= 4 is 26.6 Å². The Bertz CT molecular complexity index is 1270. The van der Waals surface area contributed by atoms with Gasteiger partial charge < -0.3 is 4.74 Å². The van der Waals surface area contributed by atoms with Gasteiger partial charge in [-0.05, 0) is 55.5 Å². The number of ether oxygens (including phenoxy) is 1. The van der Waals surface area contributed by atoms with Gasteiger partial charge in [-0.3, -0.25) is 4.72 Å². The van der Waals surface area contributed by atoms with E-state index in [2.05, 4.69) is 9.71 Å². The lowest BCUT2D eigenvalue weighted by molar-refractivity contribution is 0.487. The van der Waals surface area contributed by atoms with Crippen LogP contribution in [-0.2, 0) is 10.0 Å². The second-order valence-corrected chi connectivity index (χ2v) is 8.13. The van der Waals surface area contributed by atoms with E-state index in [1.54, 1.807) is 67.6 Å². The molecule has 146 valence electrons. The molecular weight excluding hydrogens is 391 g/mol. The molecule has 0 aliphatic carbocycles. The maximum atomic E-state index is 14.1. The summed E-state index contributed by atoms with van der Waals surface area (Å²) in [5.74, 6) is 0.551. The first-order valence-corrected chi connectivity index (χ1v) is 10.3. The summed E-state index contributed by atoms with van der Waals surface area (Å²) >= 11 is 0. The molecule has 0 unspecified atom stereocenters. The number of aryl methyl sites for hydroxylation is 1. The summed E-state index contributed by atoms with van der Waals surface area (Å²) in [4.78, 5) is 4.41. The number of para-hydroxylation sites is 1. The quantitative estimate of drug-likeness (QED) is 0.488. The van der Waals surface area contributed by atoms with E-state index in [4.69, 9.17) is 4.74 Å². The van der Waals surface area contributed by atoms with Gasteiger partial charge in [0.2, 0.25) is 0 Å². The van der Waals surface area contributed by atoms with E-state index in [0.29, 0.717) is 28.3 Å². The Kier molecular flexibility index (Phi) is 4.90. The van der Waals surface area contributed by atoms with Crippen LogP contribution in [0, 0.1) is 12.7 Å². The van der Waals surface area contributed by atoms with E-state index in [0.717, 1.165) is 0 Å². The molecule has 1 heterocycles. The normalized spacial score (nSPS) is 11.4. The molecule has 0 bridgehead atoms.